The van der Waals surface area contributed by atoms with Gasteiger partial charge in [-0.05, 0) is 6.07 Å². The Morgan fingerprint density at radius 3 is 2.50 bits per heavy atom. The monoisotopic (exact) mass is 390 g/mol. The van der Waals surface area contributed by atoms with Crippen LogP contribution in [-0.4, -0.2) is 65.0 Å². The van der Waals surface area contributed by atoms with Crippen molar-refractivity contribution < 1.29 is 27.6 Å². The lowest BCUT2D eigenvalue weighted by atomic mass is 10.2. The summed E-state index contributed by atoms with van der Waals surface area (Å²) in [4.78, 5) is 18.2. The Kier molecular flexibility index (Phi) is 5.05. The van der Waals surface area contributed by atoms with Gasteiger partial charge in [0.15, 0.2) is 0 Å². The molecular formula is C15H14ClF3N4O3. The van der Waals surface area contributed by atoms with Crippen molar-refractivity contribution in [2.75, 3.05) is 37.6 Å². The van der Waals surface area contributed by atoms with Crippen LogP contribution in [0.3, 0.4) is 0 Å². The lowest BCUT2D eigenvalue weighted by Crippen LogP contribution is -2.49. The number of nitrogens with zero attached hydrogens (tertiary/aromatic N) is 4. The average Bonchev–Trinajstić information content (AvgIpc) is 3.04. The minimum atomic E-state index is -4.22. The van der Waals surface area contributed by atoms with Crippen LogP contribution >= 0.6 is 11.6 Å². The number of rotatable bonds is 4. The molecule has 1 aliphatic heterocycles. The van der Waals surface area contributed by atoms with Gasteiger partial charge in [-0.1, -0.05) is 16.8 Å². The van der Waals surface area contributed by atoms with E-state index in [0.29, 0.717) is 29.5 Å². The lowest BCUT2D eigenvalue weighted by Gasteiger charge is -2.35. The number of piperazine rings is 1. The Bertz CT molecular complexity index is 804. The van der Waals surface area contributed by atoms with E-state index in [2.05, 4.69) is 10.1 Å². The first-order valence-electron chi connectivity index (χ1n) is 7.63. The molecule has 0 aromatic carbocycles. The van der Waals surface area contributed by atoms with Crippen LogP contribution in [0.15, 0.2) is 22.9 Å². The number of carboxylic acids is 1. The van der Waals surface area contributed by atoms with Gasteiger partial charge in [-0.3, -0.25) is 4.90 Å². The molecular weight excluding hydrogens is 377 g/mol. The summed E-state index contributed by atoms with van der Waals surface area (Å²) in [6, 6.07) is 2.82. The second-order valence-electron chi connectivity index (χ2n) is 5.79. The quantitative estimate of drug-likeness (QED) is 0.859. The van der Waals surface area contributed by atoms with Crippen LogP contribution in [0.4, 0.5) is 19.0 Å². The number of carbonyl (C=O) groups is 1. The molecule has 1 fully saturated rings. The number of alkyl halides is 3. The number of anilines is 1. The Balaban J connectivity index is 1.69. The number of hydrogen-bond donors (Lipinski definition) is 1. The minimum absolute atomic E-state index is 0.254. The molecule has 140 valence electrons. The van der Waals surface area contributed by atoms with E-state index >= 15 is 0 Å². The third kappa shape index (κ3) is 4.25. The van der Waals surface area contributed by atoms with Gasteiger partial charge < -0.3 is 14.5 Å². The van der Waals surface area contributed by atoms with Gasteiger partial charge in [0.05, 0.1) is 11.6 Å². The summed E-state index contributed by atoms with van der Waals surface area (Å²) in [7, 11) is 0. The fraction of sp³-hybridized carbons (Fsp3) is 0.400. The van der Waals surface area contributed by atoms with Crippen LogP contribution in [0, 0.1) is 0 Å². The summed E-state index contributed by atoms with van der Waals surface area (Å²) in [6.07, 6.45) is -2.75. The van der Waals surface area contributed by atoms with E-state index < -0.39 is 18.7 Å². The lowest BCUT2D eigenvalue weighted by molar-refractivity contribution is -0.146. The second-order valence-corrected chi connectivity index (χ2v) is 6.20. The number of halogens is 4. The fourth-order valence-corrected chi connectivity index (χ4v) is 2.97. The van der Waals surface area contributed by atoms with Gasteiger partial charge in [0.25, 0.3) is 0 Å². The van der Waals surface area contributed by atoms with Crippen LogP contribution < -0.4 is 4.90 Å². The van der Waals surface area contributed by atoms with E-state index in [9.17, 15) is 18.0 Å². The minimum Gasteiger partial charge on any atom is -0.475 e. The van der Waals surface area contributed by atoms with Crippen molar-refractivity contribution in [1.29, 1.82) is 0 Å². The van der Waals surface area contributed by atoms with E-state index in [0.717, 1.165) is 0 Å². The number of carboxylic acid groups (broad SMARTS) is 1. The maximum absolute atomic E-state index is 12.4. The zero-order chi connectivity index (χ0) is 18.9. The maximum Gasteiger partial charge on any atom is 0.401 e. The Morgan fingerprint density at radius 1 is 1.27 bits per heavy atom. The SMILES string of the molecule is O=C(O)c1cc(-c2cnc(N3CCN(CC(F)(F)F)CC3)c(Cl)c2)no1. The average molecular weight is 391 g/mol. The van der Waals surface area contributed by atoms with Crippen LogP contribution in [0.2, 0.25) is 5.02 Å². The molecule has 0 amide bonds. The van der Waals surface area contributed by atoms with Crippen molar-refractivity contribution in [2.45, 2.75) is 6.18 Å². The molecule has 0 unspecified atom stereocenters. The van der Waals surface area contributed by atoms with Crippen molar-refractivity contribution in [3.8, 4) is 11.3 Å². The molecule has 3 rings (SSSR count). The summed E-state index contributed by atoms with van der Waals surface area (Å²) < 4.78 is 42.0. The second kappa shape index (κ2) is 7.12. The van der Waals surface area contributed by atoms with E-state index in [4.69, 9.17) is 21.2 Å². The molecule has 2 aromatic heterocycles. The van der Waals surface area contributed by atoms with E-state index in [-0.39, 0.29) is 24.5 Å². The number of aromatic carboxylic acids is 1. The summed E-state index contributed by atoms with van der Waals surface area (Å²) in [6.45, 7) is 0.318. The van der Waals surface area contributed by atoms with Gasteiger partial charge >= 0.3 is 12.1 Å². The largest absolute Gasteiger partial charge is 0.475 e. The molecule has 7 nitrogen and oxygen atoms in total. The molecule has 0 spiro atoms. The van der Waals surface area contributed by atoms with Crippen molar-refractivity contribution in [1.82, 2.24) is 15.0 Å². The van der Waals surface area contributed by atoms with Gasteiger partial charge in [-0.2, -0.15) is 13.2 Å². The summed E-state index contributed by atoms with van der Waals surface area (Å²) >= 11 is 6.25. The standard InChI is InChI=1S/C15H14ClF3N4O3/c16-10-5-9(11-6-12(14(24)25)26-21-11)7-20-13(10)23-3-1-22(2-4-23)8-15(17,18)19/h5-7H,1-4,8H2,(H,24,25). The topological polar surface area (TPSA) is 82.7 Å². The molecule has 1 N–H and O–H groups in total. The van der Waals surface area contributed by atoms with Crippen LogP contribution in [0.5, 0.6) is 0 Å². The first kappa shape index (κ1) is 18.5. The first-order valence-corrected chi connectivity index (χ1v) is 8.01. The van der Waals surface area contributed by atoms with Crippen LogP contribution in [-0.2, 0) is 0 Å². The Hall–Kier alpha value is -2.33. The zero-order valence-corrected chi connectivity index (χ0v) is 14.1. The molecule has 1 saturated heterocycles. The number of hydrogen-bond acceptors (Lipinski definition) is 6. The molecule has 26 heavy (non-hydrogen) atoms. The van der Waals surface area contributed by atoms with Crippen molar-refractivity contribution in [3.05, 3.63) is 29.1 Å². The highest BCUT2D eigenvalue weighted by Gasteiger charge is 2.32. The molecule has 0 bridgehead atoms. The van der Waals surface area contributed by atoms with Gasteiger partial charge in [0.1, 0.15) is 11.5 Å². The summed E-state index contributed by atoms with van der Waals surface area (Å²) in [5, 5.41) is 12.8. The predicted octanol–water partition coefficient (Wildman–Crippen LogP) is 2.77. The number of pyridine rings is 1. The van der Waals surface area contributed by atoms with Crippen molar-refractivity contribution in [2.24, 2.45) is 0 Å². The van der Waals surface area contributed by atoms with E-state index in [1.165, 1.54) is 17.2 Å². The van der Waals surface area contributed by atoms with Gasteiger partial charge in [-0.15, -0.1) is 0 Å². The molecule has 0 aliphatic carbocycles. The third-order valence-electron chi connectivity index (χ3n) is 3.91. The maximum atomic E-state index is 12.4. The smallest absolute Gasteiger partial charge is 0.401 e. The molecule has 0 saturated carbocycles. The van der Waals surface area contributed by atoms with Gasteiger partial charge in [0, 0.05) is 44.0 Å². The highest BCUT2D eigenvalue weighted by atomic mass is 35.5. The predicted molar refractivity (Wildman–Crippen MR) is 86.4 cm³/mol. The number of aromatic nitrogens is 2. The molecule has 11 heteroatoms. The summed E-state index contributed by atoms with van der Waals surface area (Å²) in [5.41, 5.74) is 0.754. The van der Waals surface area contributed by atoms with Crippen molar-refractivity contribution >= 4 is 23.4 Å². The van der Waals surface area contributed by atoms with Crippen LogP contribution in [0.25, 0.3) is 11.3 Å². The Labute approximate surface area is 150 Å². The fourth-order valence-electron chi connectivity index (χ4n) is 2.69. The zero-order valence-electron chi connectivity index (χ0n) is 13.3. The highest BCUT2D eigenvalue weighted by Crippen LogP contribution is 2.29. The van der Waals surface area contributed by atoms with Gasteiger partial charge in [-0.25, -0.2) is 9.78 Å². The summed E-state index contributed by atoms with van der Waals surface area (Å²) in [5.74, 6) is -1.08. The molecule has 0 atom stereocenters. The highest BCUT2D eigenvalue weighted by molar-refractivity contribution is 6.33. The molecule has 1 aliphatic rings. The van der Waals surface area contributed by atoms with Gasteiger partial charge in [0.2, 0.25) is 5.76 Å². The third-order valence-corrected chi connectivity index (χ3v) is 4.19. The molecule has 3 heterocycles. The van der Waals surface area contributed by atoms with E-state index in [1.54, 1.807) is 6.07 Å². The van der Waals surface area contributed by atoms with E-state index in [1.807, 2.05) is 4.90 Å². The normalized spacial score (nSPS) is 16.1. The molecule has 0 radical (unpaired) electrons. The van der Waals surface area contributed by atoms with Crippen molar-refractivity contribution in [3.63, 3.8) is 0 Å². The Morgan fingerprint density at radius 2 is 1.96 bits per heavy atom. The molecule has 2 aromatic rings. The van der Waals surface area contributed by atoms with Crippen LogP contribution in [0.1, 0.15) is 10.6 Å². The first-order chi connectivity index (χ1) is 12.2.